The molecule has 3 amide bonds. The van der Waals surface area contributed by atoms with Crippen LogP contribution < -0.4 is 10.6 Å². The van der Waals surface area contributed by atoms with Gasteiger partial charge in [0.1, 0.15) is 6.54 Å². The van der Waals surface area contributed by atoms with Gasteiger partial charge in [0.2, 0.25) is 5.91 Å². The first-order valence-electron chi connectivity index (χ1n) is 9.08. The summed E-state index contributed by atoms with van der Waals surface area (Å²) >= 11 is 0. The van der Waals surface area contributed by atoms with Gasteiger partial charge in [-0.15, -0.1) is 0 Å². The van der Waals surface area contributed by atoms with Gasteiger partial charge in [0.25, 0.3) is 0 Å². The van der Waals surface area contributed by atoms with Crippen molar-refractivity contribution in [3.05, 3.63) is 35.9 Å². The van der Waals surface area contributed by atoms with Crippen LogP contribution in [0.3, 0.4) is 0 Å². The molecular weight excluding hydrogens is 302 g/mol. The minimum Gasteiger partial charge on any atom is -0.352 e. The van der Waals surface area contributed by atoms with Crippen molar-refractivity contribution in [3.63, 3.8) is 0 Å². The number of carbonyl (C=O) groups excluding carboxylic acids is 2. The number of nitrogens with zero attached hydrogens (tertiary/aromatic N) is 1. The summed E-state index contributed by atoms with van der Waals surface area (Å²) in [5, 5.41) is 6.10. The topological polar surface area (TPSA) is 61.4 Å². The van der Waals surface area contributed by atoms with Crippen molar-refractivity contribution >= 4 is 11.9 Å². The highest BCUT2D eigenvalue weighted by Crippen LogP contribution is 2.42. The number of carbonyl (C=O) groups is 2. The maximum absolute atomic E-state index is 12.9. The van der Waals surface area contributed by atoms with Crippen molar-refractivity contribution in [1.29, 1.82) is 0 Å². The molecule has 1 saturated heterocycles. The van der Waals surface area contributed by atoms with E-state index in [9.17, 15) is 9.59 Å². The lowest BCUT2D eigenvalue weighted by Crippen LogP contribution is -2.56. The second kappa shape index (κ2) is 6.46. The SMILES string of the molecule is O=C1CN(C(=O)NC2CC3CCC(C3)C2)C(c2ccccc2)CN1. The molecule has 24 heavy (non-hydrogen) atoms. The summed E-state index contributed by atoms with van der Waals surface area (Å²) in [4.78, 5) is 26.4. The number of benzene rings is 1. The normalized spacial score (nSPS) is 32.3. The summed E-state index contributed by atoms with van der Waals surface area (Å²) in [6.07, 6.45) is 6.16. The number of piperazine rings is 1. The Morgan fingerprint density at radius 2 is 1.79 bits per heavy atom. The van der Waals surface area contributed by atoms with E-state index in [4.69, 9.17) is 0 Å². The molecule has 2 bridgehead atoms. The second-order valence-electron chi connectivity index (χ2n) is 7.52. The lowest BCUT2D eigenvalue weighted by Gasteiger charge is -2.37. The van der Waals surface area contributed by atoms with E-state index in [1.54, 1.807) is 4.90 Å². The molecule has 1 aliphatic heterocycles. The molecule has 0 aromatic heterocycles. The fourth-order valence-electron chi connectivity index (χ4n) is 4.71. The van der Waals surface area contributed by atoms with Crippen molar-refractivity contribution in [2.45, 2.75) is 44.2 Å². The molecule has 1 aromatic rings. The summed E-state index contributed by atoms with van der Waals surface area (Å²) < 4.78 is 0. The van der Waals surface area contributed by atoms with E-state index < -0.39 is 0 Å². The zero-order valence-corrected chi connectivity index (χ0v) is 13.9. The van der Waals surface area contributed by atoms with Gasteiger partial charge in [-0.25, -0.2) is 4.79 Å². The Kier molecular flexibility index (Phi) is 4.17. The maximum atomic E-state index is 12.9. The first-order valence-corrected chi connectivity index (χ1v) is 9.08. The van der Waals surface area contributed by atoms with Crippen LogP contribution in [0, 0.1) is 11.8 Å². The Morgan fingerprint density at radius 3 is 2.50 bits per heavy atom. The lowest BCUT2D eigenvalue weighted by atomic mass is 9.85. The van der Waals surface area contributed by atoms with Crippen LogP contribution in [0.1, 0.15) is 43.7 Å². The molecule has 0 radical (unpaired) electrons. The van der Waals surface area contributed by atoms with Crippen molar-refractivity contribution in [2.24, 2.45) is 11.8 Å². The number of hydrogen-bond acceptors (Lipinski definition) is 2. The Hall–Kier alpha value is -2.04. The van der Waals surface area contributed by atoms with Crippen LogP contribution in [0.4, 0.5) is 4.79 Å². The lowest BCUT2D eigenvalue weighted by molar-refractivity contribution is -0.124. The van der Waals surface area contributed by atoms with Crippen molar-refractivity contribution < 1.29 is 9.59 Å². The Morgan fingerprint density at radius 1 is 1.08 bits per heavy atom. The number of nitrogens with one attached hydrogen (secondary N) is 2. The third kappa shape index (κ3) is 3.12. The summed E-state index contributed by atoms with van der Waals surface area (Å²) in [5.74, 6) is 1.48. The molecule has 3 fully saturated rings. The molecule has 5 nitrogen and oxygen atoms in total. The van der Waals surface area contributed by atoms with E-state index in [0.717, 1.165) is 30.2 Å². The van der Waals surface area contributed by atoms with E-state index in [1.165, 1.54) is 19.3 Å². The zero-order chi connectivity index (χ0) is 16.5. The van der Waals surface area contributed by atoms with Gasteiger partial charge in [-0.3, -0.25) is 4.79 Å². The number of rotatable bonds is 2. The molecule has 4 rings (SSSR count). The maximum Gasteiger partial charge on any atom is 0.318 e. The van der Waals surface area contributed by atoms with Crippen molar-refractivity contribution in [2.75, 3.05) is 13.1 Å². The van der Waals surface area contributed by atoms with Gasteiger partial charge in [-0.1, -0.05) is 43.2 Å². The van der Waals surface area contributed by atoms with E-state index in [1.807, 2.05) is 30.3 Å². The largest absolute Gasteiger partial charge is 0.352 e. The van der Waals surface area contributed by atoms with E-state index in [-0.39, 0.29) is 30.6 Å². The van der Waals surface area contributed by atoms with Crippen molar-refractivity contribution in [1.82, 2.24) is 15.5 Å². The van der Waals surface area contributed by atoms with E-state index >= 15 is 0 Å². The van der Waals surface area contributed by atoms with Gasteiger partial charge in [0.05, 0.1) is 6.04 Å². The standard InChI is InChI=1S/C19H25N3O2/c23-18-12-22(17(11-20-18)15-4-2-1-3-5-15)19(24)21-16-9-13-6-7-14(8-13)10-16/h1-5,13-14,16-17H,6-12H2,(H,20,23)(H,21,24). The smallest absolute Gasteiger partial charge is 0.318 e. The molecule has 3 unspecified atom stereocenters. The predicted octanol–water partition coefficient (Wildman–Crippen LogP) is 2.45. The first kappa shape index (κ1) is 15.5. The fourth-order valence-corrected chi connectivity index (χ4v) is 4.71. The highest BCUT2D eigenvalue weighted by Gasteiger charge is 2.37. The summed E-state index contributed by atoms with van der Waals surface area (Å²) in [6, 6.07) is 10.0. The van der Waals surface area contributed by atoms with Crippen LogP contribution in [-0.2, 0) is 4.79 Å². The van der Waals surface area contributed by atoms with Crippen LogP contribution in [0.15, 0.2) is 30.3 Å². The van der Waals surface area contributed by atoms with Gasteiger partial charge in [0.15, 0.2) is 0 Å². The number of amides is 3. The van der Waals surface area contributed by atoms with Gasteiger partial charge < -0.3 is 15.5 Å². The number of fused-ring (bicyclic) bond motifs is 2. The Bertz CT molecular complexity index is 606. The minimum atomic E-state index is -0.0933. The molecule has 2 aliphatic carbocycles. The molecular formula is C19H25N3O2. The van der Waals surface area contributed by atoms with E-state index in [2.05, 4.69) is 10.6 Å². The molecule has 1 aromatic carbocycles. The third-order valence-corrected chi connectivity index (χ3v) is 5.84. The molecule has 3 aliphatic rings. The average molecular weight is 327 g/mol. The van der Waals surface area contributed by atoms with Gasteiger partial charge in [0, 0.05) is 12.6 Å². The van der Waals surface area contributed by atoms with Gasteiger partial charge >= 0.3 is 6.03 Å². The van der Waals surface area contributed by atoms with Crippen LogP contribution in [-0.4, -0.2) is 36.0 Å². The van der Waals surface area contributed by atoms with Gasteiger partial charge in [-0.05, 0) is 36.7 Å². The molecule has 2 N–H and O–H groups in total. The summed E-state index contributed by atoms with van der Waals surface area (Å²) in [6.45, 7) is 0.608. The minimum absolute atomic E-state index is 0.0824. The number of hydrogen-bond donors (Lipinski definition) is 2. The Labute approximate surface area is 142 Å². The average Bonchev–Trinajstić information content (AvgIpc) is 2.94. The van der Waals surface area contributed by atoms with Crippen LogP contribution in [0.2, 0.25) is 0 Å². The first-order chi connectivity index (χ1) is 11.7. The zero-order valence-electron chi connectivity index (χ0n) is 13.9. The highest BCUT2D eigenvalue weighted by atomic mass is 16.2. The molecule has 3 atom stereocenters. The second-order valence-corrected chi connectivity index (χ2v) is 7.52. The summed E-state index contributed by atoms with van der Waals surface area (Å²) in [5.41, 5.74) is 1.07. The number of urea groups is 1. The highest BCUT2D eigenvalue weighted by molar-refractivity contribution is 5.85. The Balaban J connectivity index is 1.47. The third-order valence-electron chi connectivity index (χ3n) is 5.84. The fraction of sp³-hybridized carbons (Fsp3) is 0.579. The molecule has 0 spiro atoms. The van der Waals surface area contributed by atoms with E-state index in [0.29, 0.717) is 6.54 Å². The van der Waals surface area contributed by atoms with Crippen LogP contribution >= 0.6 is 0 Å². The molecule has 1 heterocycles. The van der Waals surface area contributed by atoms with Crippen molar-refractivity contribution in [3.8, 4) is 0 Å². The summed E-state index contributed by atoms with van der Waals surface area (Å²) in [7, 11) is 0. The predicted molar refractivity (Wildman–Crippen MR) is 91.3 cm³/mol. The van der Waals surface area contributed by atoms with Gasteiger partial charge in [-0.2, -0.15) is 0 Å². The molecule has 5 heteroatoms. The van der Waals surface area contributed by atoms with Crippen LogP contribution in [0.25, 0.3) is 0 Å². The quantitative estimate of drug-likeness (QED) is 0.876. The molecule has 2 saturated carbocycles. The van der Waals surface area contributed by atoms with Crippen LogP contribution in [0.5, 0.6) is 0 Å². The molecule has 128 valence electrons. The monoisotopic (exact) mass is 327 g/mol.